The summed E-state index contributed by atoms with van der Waals surface area (Å²) in [4.78, 5) is 13.7. The topological polar surface area (TPSA) is 61.0 Å². The summed E-state index contributed by atoms with van der Waals surface area (Å²) in [6.07, 6.45) is 4.77. The van der Waals surface area contributed by atoms with E-state index >= 15 is 0 Å². The maximum absolute atomic E-state index is 11.7. The number of H-pyrrole nitrogens is 1. The lowest BCUT2D eigenvalue weighted by atomic mass is 10.2. The molecule has 5 nitrogen and oxygen atoms in total. The Balaban J connectivity index is 1.51. The van der Waals surface area contributed by atoms with Gasteiger partial charge in [0, 0.05) is 43.5 Å². The number of likely N-dealkylation sites (tertiary alicyclic amines) is 1. The summed E-state index contributed by atoms with van der Waals surface area (Å²) in [6.45, 7) is 1.63. The first-order chi connectivity index (χ1) is 7.83. The molecule has 0 spiro atoms. The van der Waals surface area contributed by atoms with E-state index in [4.69, 9.17) is 0 Å². The van der Waals surface area contributed by atoms with E-state index in [-0.39, 0.29) is 0 Å². The third-order valence-corrected chi connectivity index (χ3v) is 3.29. The summed E-state index contributed by atoms with van der Waals surface area (Å²) in [5.41, 5.74) is 1.07. The van der Waals surface area contributed by atoms with Crippen molar-refractivity contribution in [2.45, 2.75) is 37.9 Å². The summed E-state index contributed by atoms with van der Waals surface area (Å²) in [7, 11) is 0. The third-order valence-electron chi connectivity index (χ3n) is 3.29. The third kappa shape index (κ3) is 1.95. The lowest BCUT2D eigenvalue weighted by Gasteiger charge is -2.15. The van der Waals surface area contributed by atoms with E-state index in [0.717, 1.165) is 18.8 Å². The van der Waals surface area contributed by atoms with Crippen LogP contribution in [0.25, 0.3) is 0 Å². The monoisotopic (exact) mass is 220 g/mol. The lowest BCUT2D eigenvalue weighted by molar-refractivity contribution is -0.128. The van der Waals surface area contributed by atoms with Gasteiger partial charge in [0.15, 0.2) is 0 Å². The Hall–Kier alpha value is -1.36. The molecule has 5 heteroatoms. The normalized spacial score (nSPS) is 25.4. The molecule has 3 rings (SSSR count). The number of carbonyl (C=O) groups excluding carboxylic acids is 1. The van der Waals surface area contributed by atoms with Gasteiger partial charge in [-0.05, 0) is 18.9 Å². The molecule has 2 fully saturated rings. The largest absolute Gasteiger partial charge is 0.338 e. The van der Waals surface area contributed by atoms with Gasteiger partial charge in [-0.3, -0.25) is 9.89 Å². The second-order valence-corrected chi connectivity index (χ2v) is 4.64. The number of nitrogens with zero attached hydrogens (tertiary/aromatic N) is 2. The van der Waals surface area contributed by atoms with E-state index in [1.54, 1.807) is 6.20 Å². The molecule has 0 aromatic carbocycles. The van der Waals surface area contributed by atoms with Crippen LogP contribution in [0.3, 0.4) is 0 Å². The molecule has 16 heavy (non-hydrogen) atoms. The average Bonchev–Trinajstić information content (AvgIpc) is 2.85. The predicted octanol–water partition coefficient (Wildman–Crippen LogP) is 0.263. The molecule has 1 aliphatic heterocycles. The number of aromatic amines is 1. The highest BCUT2D eigenvalue weighted by Crippen LogP contribution is 2.30. The highest BCUT2D eigenvalue weighted by Gasteiger charge is 2.38. The van der Waals surface area contributed by atoms with Crippen molar-refractivity contribution in [2.24, 2.45) is 0 Å². The minimum absolute atomic E-state index is 0.302. The van der Waals surface area contributed by atoms with Gasteiger partial charge in [-0.1, -0.05) is 0 Å². The van der Waals surface area contributed by atoms with E-state index < -0.39 is 0 Å². The number of rotatable bonds is 4. The van der Waals surface area contributed by atoms with Gasteiger partial charge in [-0.25, -0.2) is 0 Å². The maximum Gasteiger partial charge on any atom is 0.224 e. The molecule has 1 atom stereocenters. The average molecular weight is 220 g/mol. The van der Waals surface area contributed by atoms with Gasteiger partial charge >= 0.3 is 0 Å². The van der Waals surface area contributed by atoms with Crippen LogP contribution in [0, 0.1) is 0 Å². The highest BCUT2D eigenvalue weighted by molar-refractivity contribution is 5.80. The van der Waals surface area contributed by atoms with Crippen molar-refractivity contribution in [3.63, 3.8) is 0 Å². The summed E-state index contributed by atoms with van der Waals surface area (Å²) in [5, 5.41) is 10.2. The van der Waals surface area contributed by atoms with E-state index in [9.17, 15) is 4.79 Å². The van der Waals surface area contributed by atoms with Crippen molar-refractivity contribution in [3.8, 4) is 0 Å². The van der Waals surface area contributed by atoms with Crippen LogP contribution in [-0.2, 0) is 11.3 Å². The fourth-order valence-corrected chi connectivity index (χ4v) is 2.24. The fourth-order valence-electron chi connectivity index (χ4n) is 2.24. The molecule has 0 radical (unpaired) electrons. The zero-order valence-electron chi connectivity index (χ0n) is 9.15. The molecule has 2 aliphatic rings. The molecular formula is C11H16N4O. The van der Waals surface area contributed by atoms with Gasteiger partial charge in [-0.15, -0.1) is 0 Å². The Bertz CT molecular complexity index is 371. The zero-order valence-corrected chi connectivity index (χ0v) is 9.15. The standard InChI is InChI=1S/C11H16N4O/c16-11-5-9(7-15(11)10-1-2-10)12-6-8-3-4-13-14-8/h3-4,9-10,12H,1-2,5-7H2,(H,13,14). The molecule has 1 aliphatic carbocycles. The summed E-state index contributed by atoms with van der Waals surface area (Å²) in [6, 6.07) is 2.80. The van der Waals surface area contributed by atoms with Gasteiger partial charge in [0.2, 0.25) is 5.91 Å². The maximum atomic E-state index is 11.7. The number of nitrogens with one attached hydrogen (secondary N) is 2. The Morgan fingerprint density at radius 2 is 2.44 bits per heavy atom. The van der Waals surface area contributed by atoms with Crippen LogP contribution in [0.15, 0.2) is 12.3 Å². The minimum Gasteiger partial charge on any atom is -0.338 e. The molecule has 86 valence electrons. The smallest absolute Gasteiger partial charge is 0.224 e. The molecular weight excluding hydrogens is 204 g/mol. The van der Waals surface area contributed by atoms with E-state index in [2.05, 4.69) is 15.5 Å². The Morgan fingerprint density at radius 1 is 1.56 bits per heavy atom. The van der Waals surface area contributed by atoms with Crippen LogP contribution in [0.5, 0.6) is 0 Å². The Kier molecular flexibility index (Phi) is 2.40. The molecule has 2 N–H and O–H groups in total. The predicted molar refractivity (Wildman–Crippen MR) is 58.6 cm³/mol. The number of aromatic nitrogens is 2. The van der Waals surface area contributed by atoms with Crippen LogP contribution in [0.1, 0.15) is 25.0 Å². The summed E-state index contributed by atoms with van der Waals surface area (Å²) < 4.78 is 0. The minimum atomic E-state index is 0.302. The van der Waals surface area contributed by atoms with Crippen LogP contribution in [0.2, 0.25) is 0 Å². The molecule has 1 saturated heterocycles. The first-order valence-electron chi connectivity index (χ1n) is 5.84. The van der Waals surface area contributed by atoms with Crippen molar-refractivity contribution in [2.75, 3.05) is 6.54 Å². The Labute approximate surface area is 94.2 Å². The SMILES string of the molecule is O=C1CC(NCc2ccn[nH]2)CN1C1CC1. The molecule has 1 amide bonds. The summed E-state index contributed by atoms with van der Waals surface area (Å²) in [5.74, 6) is 0.310. The lowest BCUT2D eigenvalue weighted by Crippen LogP contribution is -2.33. The molecule has 0 bridgehead atoms. The second-order valence-electron chi connectivity index (χ2n) is 4.64. The van der Waals surface area contributed by atoms with Crippen LogP contribution in [-0.4, -0.2) is 39.6 Å². The first kappa shape index (κ1) is 9.84. The molecule has 1 unspecified atom stereocenters. The van der Waals surface area contributed by atoms with Crippen LogP contribution >= 0.6 is 0 Å². The quantitative estimate of drug-likeness (QED) is 0.765. The van der Waals surface area contributed by atoms with Gasteiger partial charge < -0.3 is 10.2 Å². The van der Waals surface area contributed by atoms with Crippen molar-refractivity contribution >= 4 is 5.91 Å². The molecule has 1 aromatic heterocycles. The zero-order chi connectivity index (χ0) is 11.0. The van der Waals surface area contributed by atoms with Crippen molar-refractivity contribution in [3.05, 3.63) is 18.0 Å². The van der Waals surface area contributed by atoms with Gasteiger partial charge in [0.25, 0.3) is 0 Å². The first-order valence-corrected chi connectivity index (χ1v) is 5.84. The van der Waals surface area contributed by atoms with E-state index in [1.807, 2.05) is 11.0 Å². The summed E-state index contributed by atoms with van der Waals surface area (Å²) >= 11 is 0. The molecule has 2 heterocycles. The number of amides is 1. The van der Waals surface area contributed by atoms with Crippen LogP contribution < -0.4 is 5.32 Å². The highest BCUT2D eigenvalue weighted by atomic mass is 16.2. The Morgan fingerprint density at radius 3 is 3.12 bits per heavy atom. The van der Waals surface area contributed by atoms with Crippen LogP contribution in [0.4, 0.5) is 0 Å². The van der Waals surface area contributed by atoms with Gasteiger partial charge in [0.05, 0.1) is 0 Å². The number of hydrogen-bond acceptors (Lipinski definition) is 3. The molecule has 1 aromatic rings. The molecule has 1 saturated carbocycles. The number of hydrogen-bond donors (Lipinski definition) is 2. The van der Waals surface area contributed by atoms with Gasteiger partial charge in [-0.2, -0.15) is 5.10 Å². The van der Waals surface area contributed by atoms with Gasteiger partial charge in [0.1, 0.15) is 0 Å². The number of carbonyl (C=O) groups is 1. The second kappa shape index (κ2) is 3.90. The van der Waals surface area contributed by atoms with E-state index in [0.29, 0.717) is 24.4 Å². The van der Waals surface area contributed by atoms with Crippen molar-refractivity contribution in [1.82, 2.24) is 20.4 Å². The fraction of sp³-hybridized carbons (Fsp3) is 0.636. The van der Waals surface area contributed by atoms with E-state index in [1.165, 1.54) is 12.8 Å². The van der Waals surface area contributed by atoms with Crippen molar-refractivity contribution < 1.29 is 4.79 Å². The van der Waals surface area contributed by atoms with Crippen molar-refractivity contribution in [1.29, 1.82) is 0 Å².